The van der Waals surface area contributed by atoms with E-state index in [4.69, 9.17) is 14.6 Å². The van der Waals surface area contributed by atoms with Crippen molar-refractivity contribution in [1.82, 2.24) is 0 Å². The summed E-state index contributed by atoms with van der Waals surface area (Å²) in [5.74, 6) is -1.99. The molecule has 0 saturated heterocycles. The highest BCUT2D eigenvalue weighted by molar-refractivity contribution is 7.89. The monoisotopic (exact) mass is 447 g/mol. The van der Waals surface area contributed by atoms with Crippen LogP contribution in [0.15, 0.2) is 47.4 Å². The molecule has 3 rings (SSSR count). The van der Waals surface area contributed by atoms with Gasteiger partial charge in [0.25, 0.3) is 5.91 Å². The van der Waals surface area contributed by atoms with Gasteiger partial charge >= 0.3 is 5.97 Å². The molecule has 0 radical (unpaired) electrons. The van der Waals surface area contributed by atoms with E-state index in [9.17, 15) is 22.8 Å². The zero-order chi connectivity index (χ0) is 23.0. The van der Waals surface area contributed by atoms with Gasteiger partial charge in [-0.25, -0.2) is 18.4 Å². The van der Waals surface area contributed by atoms with Gasteiger partial charge in [-0.2, -0.15) is 0 Å². The molecule has 2 aromatic carbocycles. The van der Waals surface area contributed by atoms with Gasteiger partial charge in [0.15, 0.2) is 6.61 Å². The van der Waals surface area contributed by atoms with Crippen LogP contribution < -0.4 is 20.1 Å². The number of primary sulfonamides is 1. The molecule has 1 aliphatic rings. The molecule has 31 heavy (non-hydrogen) atoms. The number of nitrogens with zero attached hydrogens (tertiary/aromatic N) is 1. The first-order chi connectivity index (χ1) is 14.5. The van der Waals surface area contributed by atoms with Crippen LogP contribution in [0.5, 0.6) is 5.75 Å². The van der Waals surface area contributed by atoms with Crippen molar-refractivity contribution < 1.29 is 32.3 Å². The smallest absolute Gasteiger partial charge is 0.338 e. The quantitative estimate of drug-likeness (QED) is 0.656. The number of nitrogens with one attached hydrogen (secondary N) is 1. The number of carbonyl (C=O) groups excluding carboxylic acids is 3. The number of amides is 2. The first-order valence-electron chi connectivity index (χ1n) is 9.08. The summed E-state index contributed by atoms with van der Waals surface area (Å²) < 4.78 is 33.5. The first kappa shape index (κ1) is 22.2. The number of hydrogen-bond acceptors (Lipinski definition) is 7. The van der Waals surface area contributed by atoms with Crippen LogP contribution in [0, 0.1) is 0 Å². The van der Waals surface area contributed by atoms with Crippen molar-refractivity contribution in [2.45, 2.75) is 24.3 Å². The van der Waals surface area contributed by atoms with Crippen molar-refractivity contribution in [2.75, 3.05) is 23.9 Å². The maximum atomic E-state index is 12.9. The van der Waals surface area contributed by atoms with Crippen molar-refractivity contribution in [3.05, 3.63) is 48.0 Å². The van der Waals surface area contributed by atoms with Crippen molar-refractivity contribution in [3.8, 4) is 5.75 Å². The number of esters is 1. The lowest BCUT2D eigenvalue weighted by molar-refractivity contribution is -0.128. The van der Waals surface area contributed by atoms with Gasteiger partial charge in [-0.05, 0) is 44.2 Å². The topological polar surface area (TPSA) is 145 Å². The lowest BCUT2D eigenvalue weighted by Gasteiger charge is -2.41. The third-order valence-electron chi connectivity index (χ3n) is 4.79. The molecular weight excluding hydrogens is 426 g/mol. The second-order valence-electron chi connectivity index (χ2n) is 7.25. The summed E-state index contributed by atoms with van der Waals surface area (Å²) in [5.41, 5.74) is -0.430. The molecule has 0 spiro atoms. The second-order valence-corrected chi connectivity index (χ2v) is 8.78. The average molecular weight is 447 g/mol. The summed E-state index contributed by atoms with van der Waals surface area (Å²) in [7, 11) is -2.90. The lowest BCUT2D eigenvalue weighted by Crippen LogP contribution is -2.59. The number of anilines is 2. The summed E-state index contributed by atoms with van der Waals surface area (Å²) in [6.07, 6.45) is 0. The molecule has 0 bridgehead atoms. The SMILES string of the molecule is COc1ccc(C(=O)OCC(=O)N2c3ccccc3NC(=O)C2(C)C)cc1S(N)(=O)=O. The number of nitrogens with two attached hydrogens (primary N) is 1. The third kappa shape index (κ3) is 4.23. The highest BCUT2D eigenvalue weighted by Crippen LogP contribution is 2.36. The molecule has 1 aliphatic heterocycles. The van der Waals surface area contributed by atoms with Crippen molar-refractivity contribution >= 4 is 39.2 Å². The van der Waals surface area contributed by atoms with Crippen LogP contribution in [-0.4, -0.2) is 45.5 Å². The largest absolute Gasteiger partial charge is 0.495 e. The summed E-state index contributed by atoms with van der Waals surface area (Å²) >= 11 is 0. The molecule has 2 amide bonds. The Balaban J connectivity index is 1.83. The number of carbonyl (C=O) groups is 3. The van der Waals surface area contributed by atoms with Crippen LogP contribution in [-0.2, 0) is 24.3 Å². The van der Waals surface area contributed by atoms with Crippen LogP contribution in [0.3, 0.4) is 0 Å². The Labute approximate surface area is 179 Å². The molecule has 0 saturated carbocycles. The van der Waals surface area contributed by atoms with Crippen molar-refractivity contribution in [3.63, 3.8) is 0 Å². The maximum absolute atomic E-state index is 12.9. The Morgan fingerprint density at radius 2 is 1.84 bits per heavy atom. The fourth-order valence-corrected chi connectivity index (χ4v) is 3.92. The minimum Gasteiger partial charge on any atom is -0.495 e. The van der Waals surface area contributed by atoms with Gasteiger partial charge in [0.05, 0.1) is 24.0 Å². The normalized spacial score (nSPS) is 15.0. The third-order valence-corrected chi connectivity index (χ3v) is 5.72. The number of para-hydroxylation sites is 2. The summed E-state index contributed by atoms with van der Waals surface area (Å²) in [6.45, 7) is 2.47. The molecule has 2 aromatic rings. The predicted octanol–water partition coefficient (Wildman–Crippen LogP) is 1.26. The minimum absolute atomic E-state index is 0.0344. The number of rotatable bonds is 5. The Bertz CT molecular complexity index is 1180. The van der Waals surface area contributed by atoms with E-state index in [1.807, 2.05) is 0 Å². The van der Waals surface area contributed by atoms with Crippen LogP contribution in [0.25, 0.3) is 0 Å². The predicted molar refractivity (Wildman–Crippen MR) is 111 cm³/mol. The van der Waals surface area contributed by atoms with Crippen LogP contribution in [0.4, 0.5) is 11.4 Å². The van der Waals surface area contributed by atoms with E-state index >= 15 is 0 Å². The van der Waals surface area contributed by atoms with Gasteiger partial charge in [0.2, 0.25) is 15.9 Å². The molecule has 0 atom stereocenters. The first-order valence-corrected chi connectivity index (χ1v) is 10.6. The van der Waals surface area contributed by atoms with E-state index in [1.165, 1.54) is 24.1 Å². The fraction of sp³-hybridized carbons (Fsp3) is 0.250. The molecule has 0 fully saturated rings. The Morgan fingerprint density at radius 3 is 2.48 bits per heavy atom. The van der Waals surface area contributed by atoms with Crippen LogP contribution >= 0.6 is 0 Å². The van der Waals surface area contributed by atoms with Gasteiger partial charge in [-0.15, -0.1) is 0 Å². The molecule has 164 valence electrons. The molecule has 0 unspecified atom stereocenters. The number of ether oxygens (including phenoxy) is 2. The van der Waals surface area contributed by atoms with E-state index in [-0.39, 0.29) is 17.2 Å². The van der Waals surface area contributed by atoms with Crippen LogP contribution in [0.1, 0.15) is 24.2 Å². The van der Waals surface area contributed by atoms with Gasteiger partial charge in [0.1, 0.15) is 16.2 Å². The standard InChI is InChI=1S/C20H21N3O7S/c1-20(2)19(26)22-13-6-4-5-7-14(13)23(20)17(24)11-30-18(25)12-8-9-15(29-3)16(10-12)31(21,27)28/h4-10H,11H2,1-3H3,(H,22,26)(H2,21,27,28). The zero-order valence-corrected chi connectivity index (χ0v) is 17.9. The minimum atomic E-state index is -4.16. The molecule has 0 aromatic heterocycles. The van der Waals surface area contributed by atoms with Crippen molar-refractivity contribution in [1.29, 1.82) is 0 Å². The lowest BCUT2D eigenvalue weighted by atomic mass is 9.96. The van der Waals surface area contributed by atoms with E-state index in [0.29, 0.717) is 11.4 Å². The Kier molecular flexibility index (Phi) is 5.74. The Hall–Kier alpha value is -3.44. The van der Waals surface area contributed by atoms with E-state index in [0.717, 1.165) is 6.07 Å². The average Bonchev–Trinajstić information content (AvgIpc) is 2.71. The molecule has 3 N–H and O–H groups in total. The second kappa shape index (κ2) is 8.00. The maximum Gasteiger partial charge on any atom is 0.338 e. The summed E-state index contributed by atoms with van der Waals surface area (Å²) in [6, 6.07) is 10.3. The number of methoxy groups -OCH3 is 1. The molecular formula is C20H21N3O7S. The van der Waals surface area contributed by atoms with Gasteiger partial charge in [0, 0.05) is 0 Å². The van der Waals surface area contributed by atoms with Gasteiger partial charge in [-0.1, -0.05) is 12.1 Å². The number of benzene rings is 2. The van der Waals surface area contributed by atoms with Crippen LogP contribution in [0.2, 0.25) is 0 Å². The van der Waals surface area contributed by atoms with Crippen molar-refractivity contribution in [2.24, 2.45) is 5.14 Å². The van der Waals surface area contributed by atoms with E-state index in [1.54, 1.807) is 38.1 Å². The zero-order valence-electron chi connectivity index (χ0n) is 17.0. The number of fused-ring (bicyclic) bond motifs is 1. The molecule has 11 heteroatoms. The molecule has 0 aliphatic carbocycles. The highest BCUT2D eigenvalue weighted by Gasteiger charge is 2.43. The van der Waals surface area contributed by atoms with E-state index in [2.05, 4.69) is 5.32 Å². The van der Waals surface area contributed by atoms with Gasteiger partial charge in [-0.3, -0.25) is 14.5 Å². The molecule has 1 heterocycles. The summed E-state index contributed by atoms with van der Waals surface area (Å²) in [4.78, 5) is 38.7. The number of hydrogen-bond donors (Lipinski definition) is 2. The van der Waals surface area contributed by atoms with E-state index < -0.39 is 38.9 Å². The fourth-order valence-electron chi connectivity index (χ4n) is 3.20. The van der Waals surface area contributed by atoms with Gasteiger partial charge < -0.3 is 14.8 Å². The Morgan fingerprint density at radius 1 is 1.16 bits per heavy atom. The summed E-state index contributed by atoms with van der Waals surface area (Å²) in [5, 5.41) is 7.89. The highest BCUT2D eigenvalue weighted by atomic mass is 32.2. The number of sulfonamides is 1. The molecule has 10 nitrogen and oxygen atoms in total.